The van der Waals surface area contributed by atoms with Gasteiger partial charge in [0.2, 0.25) is 0 Å². The Morgan fingerprint density at radius 2 is 2.45 bits per heavy atom. The van der Waals surface area contributed by atoms with Crippen molar-refractivity contribution < 1.29 is 4.74 Å². The molecule has 3 rings (SSSR count). The second-order valence-corrected chi connectivity index (χ2v) is 5.88. The normalized spacial score (nSPS) is 20.1. The molecule has 1 fully saturated rings. The molecule has 0 N–H and O–H groups in total. The molecule has 0 amide bonds. The number of ether oxygens (including phenoxy) is 1. The highest BCUT2D eigenvalue weighted by atomic mass is 32.1. The Hall–Kier alpha value is -1.50. The molecule has 1 aliphatic heterocycles. The maximum Gasteiger partial charge on any atom is 0.250 e. The van der Waals surface area contributed by atoms with Crippen molar-refractivity contribution in [2.75, 3.05) is 19.7 Å². The van der Waals surface area contributed by atoms with Gasteiger partial charge in [0.1, 0.15) is 11.1 Å². The van der Waals surface area contributed by atoms with Crippen molar-refractivity contribution in [2.45, 2.75) is 12.6 Å². The van der Waals surface area contributed by atoms with Crippen molar-refractivity contribution in [2.24, 2.45) is 7.05 Å². The number of pyridine rings is 1. The Morgan fingerprint density at radius 3 is 3.20 bits per heavy atom. The van der Waals surface area contributed by atoms with Crippen LogP contribution in [0.2, 0.25) is 0 Å². The Kier molecular flexibility index (Phi) is 3.95. The molecule has 0 saturated carbocycles. The highest BCUT2D eigenvalue weighted by Crippen LogP contribution is 2.24. The Labute approximate surface area is 121 Å². The first-order valence-corrected chi connectivity index (χ1v) is 7.49. The molecule has 0 spiro atoms. The summed E-state index contributed by atoms with van der Waals surface area (Å²) in [5, 5.41) is 3.00. The maximum absolute atomic E-state index is 11.6. The summed E-state index contributed by atoms with van der Waals surface area (Å²) >= 11 is 1.63. The van der Waals surface area contributed by atoms with E-state index in [0.717, 1.165) is 30.2 Å². The van der Waals surface area contributed by atoms with E-state index in [2.05, 4.69) is 9.88 Å². The lowest BCUT2D eigenvalue weighted by Crippen LogP contribution is -2.38. The lowest BCUT2D eigenvalue weighted by molar-refractivity contribution is -0.0330. The first-order valence-electron chi connectivity index (χ1n) is 6.61. The van der Waals surface area contributed by atoms with Crippen LogP contribution in [0.3, 0.4) is 0 Å². The van der Waals surface area contributed by atoms with E-state index in [1.54, 1.807) is 29.0 Å². The fourth-order valence-corrected chi connectivity index (χ4v) is 3.01. The van der Waals surface area contributed by atoms with Gasteiger partial charge in [-0.25, -0.2) is 4.98 Å². The van der Waals surface area contributed by atoms with Crippen LogP contribution in [0.4, 0.5) is 0 Å². The summed E-state index contributed by atoms with van der Waals surface area (Å²) in [6.45, 7) is 3.19. The summed E-state index contributed by atoms with van der Waals surface area (Å²) in [4.78, 5) is 18.3. The average molecular weight is 291 g/mol. The van der Waals surface area contributed by atoms with E-state index in [-0.39, 0.29) is 11.7 Å². The Morgan fingerprint density at radius 1 is 1.55 bits per heavy atom. The predicted octanol–water partition coefficient (Wildman–Crippen LogP) is 1.42. The standard InChI is InChI=1S/C14H17N3O2S/c1-16-4-2-11(8-13(16)18)9-17-5-6-19-12(10-17)14-15-3-7-20-14/h2-4,7-8,12H,5-6,9-10H2,1H3/t12-/m0/s1. The molecule has 106 valence electrons. The van der Waals surface area contributed by atoms with Gasteiger partial charge in [-0.15, -0.1) is 11.3 Å². The number of aryl methyl sites for hydroxylation is 1. The van der Waals surface area contributed by atoms with Crippen LogP contribution in [0.15, 0.2) is 34.7 Å². The van der Waals surface area contributed by atoms with Gasteiger partial charge in [0.15, 0.2) is 0 Å². The SMILES string of the molecule is Cn1ccc(CN2CCO[C@H](c3nccs3)C2)cc1=O. The van der Waals surface area contributed by atoms with Crippen LogP contribution in [0, 0.1) is 0 Å². The lowest BCUT2D eigenvalue weighted by Gasteiger charge is -2.31. The van der Waals surface area contributed by atoms with Gasteiger partial charge in [0.05, 0.1) is 6.61 Å². The summed E-state index contributed by atoms with van der Waals surface area (Å²) in [5.74, 6) is 0. The van der Waals surface area contributed by atoms with Crippen LogP contribution < -0.4 is 5.56 Å². The zero-order valence-electron chi connectivity index (χ0n) is 11.4. The molecule has 5 nitrogen and oxygen atoms in total. The van der Waals surface area contributed by atoms with Crippen molar-refractivity contribution in [3.8, 4) is 0 Å². The van der Waals surface area contributed by atoms with E-state index in [9.17, 15) is 4.79 Å². The van der Waals surface area contributed by atoms with Gasteiger partial charge in [-0.05, 0) is 11.6 Å². The topological polar surface area (TPSA) is 47.4 Å². The van der Waals surface area contributed by atoms with Crippen LogP contribution in [0.5, 0.6) is 0 Å². The summed E-state index contributed by atoms with van der Waals surface area (Å²) in [7, 11) is 1.76. The molecular formula is C14H17N3O2S. The molecule has 2 aromatic rings. The van der Waals surface area contributed by atoms with Crippen LogP contribution >= 0.6 is 11.3 Å². The monoisotopic (exact) mass is 291 g/mol. The Bertz CT molecular complexity index is 624. The molecule has 0 radical (unpaired) electrons. The molecule has 1 saturated heterocycles. The molecule has 20 heavy (non-hydrogen) atoms. The molecule has 6 heteroatoms. The van der Waals surface area contributed by atoms with Crippen LogP contribution in [0.1, 0.15) is 16.7 Å². The second kappa shape index (κ2) is 5.87. The molecule has 1 aliphatic rings. The van der Waals surface area contributed by atoms with E-state index in [4.69, 9.17) is 4.74 Å². The van der Waals surface area contributed by atoms with E-state index >= 15 is 0 Å². The number of rotatable bonds is 3. The quantitative estimate of drug-likeness (QED) is 0.858. The summed E-state index contributed by atoms with van der Waals surface area (Å²) in [6, 6.07) is 3.70. The zero-order chi connectivity index (χ0) is 13.9. The maximum atomic E-state index is 11.6. The van der Waals surface area contributed by atoms with E-state index in [1.165, 1.54) is 0 Å². The number of thiazole rings is 1. The minimum absolute atomic E-state index is 0.0345. The van der Waals surface area contributed by atoms with Gasteiger partial charge < -0.3 is 9.30 Å². The second-order valence-electron chi connectivity index (χ2n) is 4.95. The molecule has 0 aromatic carbocycles. The van der Waals surface area contributed by atoms with E-state index < -0.39 is 0 Å². The van der Waals surface area contributed by atoms with Gasteiger partial charge in [0.25, 0.3) is 5.56 Å². The molecule has 3 heterocycles. The molecular weight excluding hydrogens is 274 g/mol. The van der Waals surface area contributed by atoms with Crippen LogP contribution in [-0.2, 0) is 18.3 Å². The number of hydrogen-bond donors (Lipinski definition) is 0. The summed E-state index contributed by atoms with van der Waals surface area (Å²) in [6.07, 6.45) is 3.68. The third-order valence-electron chi connectivity index (χ3n) is 3.45. The fraction of sp³-hybridized carbons (Fsp3) is 0.429. The smallest absolute Gasteiger partial charge is 0.250 e. The van der Waals surface area contributed by atoms with Gasteiger partial charge in [-0.2, -0.15) is 0 Å². The van der Waals surface area contributed by atoms with Crippen molar-refractivity contribution >= 4 is 11.3 Å². The first kappa shape index (κ1) is 13.5. The predicted molar refractivity (Wildman–Crippen MR) is 77.8 cm³/mol. The molecule has 1 atom stereocenters. The van der Waals surface area contributed by atoms with E-state index in [0.29, 0.717) is 6.61 Å². The fourth-order valence-electron chi connectivity index (χ4n) is 2.34. The van der Waals surface area contributed by atoms with Gasteiger partial charge in [-0.1, -0.05) is 0 Å². The van der Waals surface area contributed by atoms with Crippen molar-refractivity contribution in [3.05, 3.63) is 50.8 Å². The third-order valence-corrected chi connectivity index (χ3v) is 4.32. The van der Waals surface area contributed by atoms with Gasteiger partial charge in [-0.3, -0.25) is 9.69 Å². The van der Waals surface area contributed by atoms with Crippen LogP contribution in [-0.4, -0.2) is 34.1 Å². The highest BCUT2D eigenvalue weighted by Gasteiger charge is 2.23. The molecule has 2 aromatic heterocycles. The zero-order valence-corrected chi connectivity index (χ0v) is 12.2. The minimum atomic E-state index is 0.0345. The molecule has 0 aliphatic carbocycles. The highest BCUT2D eigenvalue weighted by molar-refractivity contribution is 7.09. The van der Waals surface area contributed by atoms with Crippen molar-refractivity contribution in [1.82, 2.24) is 14.5 Å². The molecule has 0 bridgehead atoms. The Balaban J connectivity index is 1.68. The van der Waals surface area contributed by atoms with Crippen molar-refractivity contribution in [3.63, 3.8) is 0 Å². The van der Waals surface area contributed by atoms with Crippen LogP contribution in [0.25, 0.3) is 0 Å². The van der Waals surface area contributed by atoms with Gasteiger partial charge >= 0.3 is 0 Å². The first-order chi connectivity index (χ1) is 9.72. The largest absolute Gasteiger partial charge is 0.368 e. The number of aromatic nitrogens is 2. The lowest BCUT2D eigenvalue weighted by atomic mass is 10.2. The minimum Gasteiger partial charge on any atom is -0.368 e. The number of nitrogens with zero attached hydrogens (tertiary/aromatic N) is 3. The summed E-state index contributed by atoms with van der Waals surface area (Å²) in [5.41, 5.74) is 1.08. The third kappa shape index (κ3) is 2.98. The number of hydrogen-bond acceptors (Lipinski definition) is 5. The molecule has 0 unspecified atom stereocenters. The van der Waals surface area contributed by atoms with E-state index in [1.807, 2.05) is 23.8 Å². The summed E-state index contributed by atoms with van der Waals surface area (Å²) < 4.78 is 7.36. The van der Waals surface area contributed by atoms with Gasteiger partial charge in [0, 0.05) is 50.5 Å². The van der Waals surface area contributed by atoms with Crippen molar-refractivity contribution in [1.29, 1.82) is 0 Å². The average Bonchev–Trinajstić information content (AvgIpc) is 2.97. The number of morpholine rings is 1.